The summed E-state index contributed by atoms with van der Waals surface area (Å²) in [7, 11) is 3.43. The molecular weight excluding hydrogens is 254 g/mol. The van der Waals surface area contributed by atoms with Crippen molar-refractivity contribution in [3.05, 3.63) is 24.0 Å². The lowest BCUT2D eigenvalue weighted by Crippen LogP contribution is -2.34. The Bertz CT molecular complexity index is 462. The number of hydrogen-bond acceptors (Lipinski definition) is 4. The first-order valence-electron chi connectivity index (χ1n) is 7.17. The van der Waals surface area contributed by atoms with Crippen molar-refractivity contribution in [2.45, 2.75) is 31.7 Å². The van der Waals surface area contributed by atoms with Crippen LogP contribution in [0.2, 0.25) is 0 Å². The lowest BCUT2D eigenvalue weighted by molar-refractivity contribution is 0.0822. The van der Waals surface area contributed by atoms with Gasteiger partial charge in [0.05, 0.1) is 0 Å². The molecule has 2 rings (SSSR count). The fourth-order valence-electron chi connectivity index (χ4n) is 2.70. The molecule has 20 heavy (non-hydrogen) atoms. The molecule has 5 nitrogen and oxygen atoms in total. The van der Waals surface area contributed by atoms with Crippen molar-refractivity contribution >= 4 is 11.6 Å². The van der Waals surface area contributed by atoms with Gasteiger partial charge in [-0.25, -0.2) is 0 Å². The number of carbonyl (C=O) groups excluding carboxylic acids is 1. The molecule has 1 aliphatic rings. The highest BCUT2D eigenvalue weighted by atomic mass is 16.3. The summed E-state index contributed by atoms with van der Waals surface area (Å²) in [6.45, 7) is 0.215. The average Bonchev–Trinajstić information content (AvgIpc) is 2.47. The van der Waals surface area contributed by atoms with Crippen molar-refractivity contribution in [2.75, 3.05) is 26.0 Å². The highest BCUT2D eigenvalue weighted by Gasteiger charge is 2.24. The highest BCUT2D eigenvalue weighted by Crippen LogP contribution is 2.27. The number of rotatable bonds is 4. The van der Waals surface area contributed by atoms with E-state index in [1.165, 1.54) is 17.7 Å². The Morgan fingerprint density at radius 3 is 2.90 bits per heavy atom. The van der Waals surface area contributed by atoms with Crippen LogP contribution in [0.15, 0.2) is 18.3 Å². The number of nitrogens with one attached hydrogen (secondary N) is 1. The minimum Gasteiger partial charge on any atom is -0.396 e. The maximum absolute atomic E-state index is 11.9. The van der Waals surface area contributed by atoms with Crippen LogP contribution in [-0.2, 0) is 0 Å². The van der Waals surface area contributed by atoms with Crippen molar-refractivity contribution in [1.82, 2.24) is 9.88 Å². The summed E-state index contributed by atoms with van der Waals surface area (Å²) in [4.78, 5) is 17.5. The van der Waals surface area contributed by atoms with Gasteiger partial charge in [-0.3, -0.25) is 9.78 Å². The van der Waals surface area contributed by atoms with Crippen LogP contribution in [0, 0.1) is 5.92 Å². The molecule has 2 N–H and O–H groups in total. The molecule has 1 saturated carbocycles. The summed E-state index contributed by atoms with van der Waals surface area (Å²) in [6, 6.07) is 3.93. The zero-order valence-corrected chi connectivity index (χ0v) is 12.2. The molecule has 1 aliphatic carbocycles. The van der Waals surface area contributed by atoms with Crippen LogP contribution < -0.4 is 5.32 Å². The minimum atomic E-state index is -0.101. The highest BCUT2D eigenvalue weighted by molar-refractivity contribution is 5.92. The minimum absolute atomic E-state index is 0.101. The normalized spacial score (nSPS) is 22.4. The first-order chi connectivity index (χ1) is 9.61. The number of aliphatic hydroxyl groups is 1. The molecule has 0 spiro atoms. The van der Waals surface area contributed by atoms with Crippen LogP contribution in [-0.4, -0.2) is 47.6 Å². The fraction of sp³-hybridized carbons (Fsp3) is 0.600. The zero-order chi connectivity index (χ0) is 14.5. The monoisotopic (exact) mass is 277 g/mol. The summed E-state index contributed by atoms with van der Waals surface area (Å²) in [5.41, 5.74) is 1.34. The van der Waals surface area contributed by atoms with Gasteiger partial charge in [0.15, 0.2) is 0 Å². The van der Waals surface area contributed by atoms with Crippen LogP contribution in [0.3, 0.4) is 0 Å². The van der Waals surface area contributed by atoms with E-state index in [0.717, 1.165) is 18.5 Å². The third kappa shape index (κ3) is 3.48. The molecule has 1 aromatic heterocycles. The van der Waals surface area contributed by atoms with E-state index < -0.39 is 0 Å². The largest absolute Gasteiger partial charge is 0.396 e. The van der Waals surface area contributed by atoms with Crippen LogP contribution in [0.25, 0.3) is 0 Å². The van der Waals surface area contributed by atoms with Crippen molar-refractivity contribution < 1.29 is 9.90 Å². The Hall–Kier alpha value is -1.62. The van der Waals surface area contributed by atoms with Gasteiger partial charge in [0, 0.05) is 44.5 Å². The second kappa shape index (κ2) is 6.70. The first kappa shape index (κ1) is 14.8. The van der Waals surface area contributed by atoms with Gasteiger partial charge in [0.1, 0.15) is 5.69 Å². The topological polar surface area (TPSA) is 65.5 Å². The molecule has 2 atom stereocenters. The number of anilines is 1. The molecule has 0 aromatic carbocycles. The van der Waals surface area contributed by atoms with E-state index in [1.807, 2.05) is 6.07 Å². The van der Waals surface area contributed by atoms with Gasteiger partial charge in [0.2, 0.25) is 0 Å². The van der Waals surface area contributed by atoms with Gasteiger partial charge in [-0.2, -0.15) is 0 Å². The van der Waals surface area contributed by atoms with Crippen LogP contribution in [0.5, 0.6) is 0 Å². The molecule has 0 radical (unpaired) electrons. The maximum Gasteiger partial charge on any atom is 0.272 e. The quantitative estimate of drug-likeness (QED) is 0.880. The number of aromatic nitrogens is 1. The van der Waals surface area contributed by atoms with E-state index in [2.05, 4.69) is 10.3 Å². The second-order valence-electron chi connectivity index (χ2n) is 5.61. The van der Waals surface area contributed by atoms with Crippen molar-refractivity contribution in [1.29, 1.82) is 0 Å². The number of carbonyl (C=O) groups is 1. The molecule has 2 unspecified atom stereocenters. The molecule has 5 heteroatoms. The smallest absolute Gasteiger partial charge is 0.272 e. The van der Waals surface area contributed by atoms with Gasteiger partial charge in [0.25, 0.3) is 5.91 Å². The fourth-order valence-corrected chi connectivity index (χ4v) is 2.70. The molecule has 0 saturated heterocycles. The lowest BCUT2D eigenvalue weighted by Gasteiger charge is -2.31. The predicted molar refractivity (Wildman–Crippen MR) is 78.7 cm³/mol. The third-order valence-corrected chi connectivity index (χ3v) is 3.88. The van der Waals surface area contributed by atoms with Gasteiger partial charge >= 0.3 is 0 Å². The van der Waals surface area contributed by atoms with Crippen molar-refractivity contribution in [3.8, 4) is 0 Å². The third-order valence-electron chi connectivity index (χ3n) is 3.88. The summed E-state index contributed by atoms with van der Waals surface area (Å²) in [6.07, 6.45) is 6.13. The Labute approximate surface area is 120 Å². The summed E-state index contributed by atoms with van der Waals surface area (Å²) in [5.74, 6) is 0.195. The Kier molecular flexibility index (Phi) is 4.95. The summed E-state index contributed by atoms with van der Waals surface area (Å²) >= 11 is 0. The summed E-state index contributed by atoms with van der Waals surface area (Å²) in [5, 5.41) is 12.9. The van der Waals surface area contributed by atoms with Crippen molar-refractivity contribution in [2.24, 2.45) is 5.92 Å². The molecule has 0 bridgehead atoms. The molecule has 1 aromatic rings. The van der Waals surface area contributed by atoms with Gasteiger partial charge < -0.3 is 15.3 Å². The Morgan fingerprint density at radius 1 is 1.45 bits per heavy atom. The van der Waals surface area contributed by atoms with Gasteiger partial charge in [-0.05, 0) is 25.0 Å². The molecule has 1 fully saturated rings. The molecule has 1 heterocycles. The molecular formula is C15H23N3O2. The second-order valence-corrected chi connectivity index (χ2v) is 5.61. The molecule has 0 aliphatic heterocycles. The van der Waals surface area contributed by atoms with E-state index in [4.69, 9.17) is 0 Å². The van der Waals surface area contributed by atoms with Crippen LogP contribution in [0.4, 0.5) is 5.69 Å². The van der Waals surface area contributed by atoms with Crippen LogP contribution >= 0.6 is 0 Å². The average molecular weight is 277 g/mol. The van der Waals surface area contributed by atoms with E-state index in [0.29, 0.717) is 11.6 Å². The van der Waals surface area contributed by atoms with Gasteiger partial charge in [-0.1, -0.05) is 12.8 Å². The van der Waals surface area contributed by atoms with E-state index in [9.17, 15) is 9.90 Å². The SMILES string of the molecule is CN(C)C(=O)c1cc(NC2CCCCC2CO)ccn1. The maximum atomic E-state index is 11.9. The van der Waals surface area contributed by atoms with E-state index >= 15 is 0 Å². The van der Waals surface area contributed by atoms with Crippen LogP contribution in [0.1, 0.15) is 36.2 Å². The molecule has 1 amide bonds. The Morgan fingerprint density at radius 2 is 2.20 bits per heavy atom. The number of amides is 1. The van der Waals surface area contributed by atoms with Crippen molar-refractivity contribution in [3.63, 3.8) is 0 Å². The lowest BCUT2D eigenvalue weighted by atomic mass is 9.85. The number of hydrogen-bond donors (Lipinski definition) is 2. The number of nitrogens with zero attached hydrogens (tertiary/aromatic N) is 2. The number of aliphatic hydroxyl groups excluding tert-OH is 1. The number of pyridine rings is 1. The zero-order valence-electron chi connectivity index (χ0n) is 12.2. The van der Waals surface area contributed by atoms with E-state index in [1.54, 1.807) is 26.4 Å². The van der Waals surface area contributed by atoms with Gasteiger partial charge in [-0.15, -0.1) is 0 Å². The Balaban J connectivity index is 2.09. The standard InChI is InChI=1S/C15H23N3O2/c1-18(2)15(20)14-9-12(7-8-16-14)17-13-6-4-3-5-11(13)10-19/h7-9,11,13,19H,3-6,10H2,1-2H3,(H,16,17). The summed E-state index contributed by atoms with van der Waals surface area (Å²) < 4.78 is 0. The first-order valence-corrected chi connectivity index (χ1v) is 7.17. The van der Waals surface area contributed by atoms with E-state index in [-0.39, 0.29) is 18.6 Å². The predicted octanol–water partition coefficient (Wildman–Crippen LogP) is 1.75. The molecule has 110 valence electrons.